The summed E-state index contributed by atoms with van der Waals surface area (Å²) in [7, 11) is 0. The normalized spacial score (nSPS) is 10.9. The number of fused-ring (bicyclic) bond motifs is 1. The lowest BCUT2D eigenvalue weighted by Gasteiger charge is -2.04. The first-order valence-electron chi connectivity index (χ1n) is 5.06. The van der Waals surface area contributed by atoms with Crippen LogP contribution in [0.2, 0.25) is 5.02 Å². The van der Waals surface area contributed by atoms with Crippen molar-refractivity contribution in [2.45, 2.75) is 0 Å². The molecule has 1 aromatic carbocycles. The molecule has 0 saturated heterocycles. The molecule has 0 saturated carbocycles. The van der Waals surface area contributed by atoms with Crippen molar-refractivity contribution in [1.82, 2.24) is 24.6 Å². The van der Waals surface area contributed by atoms with E-state index in [2.05, 4.69) is 20.2 Å². The standard InChI is InChI=1S/C10H8ClN7/c11-6-4-2-1-3-5(6)7-16-17-10-15-8(12)14-9(13)18(7)10/h1-4H,(H4,12,13,14,15,17). The maximum atomic E-state index is 6.11. The molecule has 0 aliphatic heterocycles. The van der Waals surface area contributed by atoms with E-state index in [1.807, 2.05) is 18.2 Å². The van der Waals surface area contributed by atoms with Gasteiger partial charge in [0.15, 0.2) is 5.82 Å². The van der Waals surface area contributed by atoms with Gasteiger partial charge in [0.05, 0.1) is 5.02 Å². The number of rotatable bonds is 1. The van der Waals surface area contributed by atoms with Crippen molar-refractivity contribution in [2.24, 2.45) is 0 Å². The summed E-state index contributed by atoms with van der Waals surface area (Å²) in [5, 5.41) is 8.46. The smallest absolute Gasteiger partial charge is 0.261 e. The van der Waals surface area contributed by atoms with Crippen LogP contribution in [0.1, 0.15) is 0 Å². The molecule has 18 heavy (non-hydrogen) atoms. The molecule has 3 aromatic rings. The molecule has 7 nitrogen and oxygen atoms in total. The predicted molar refractivity (Wildman–Crippen MR) is 67.8 cm³/mol. The summed E-state index contributed by atoms with van der Waals surface area (Å²) in [5.74, 6) is 0.985. The van der Waals surface area contributed by atoms with Crippen LogP contribution in [-0.4, -0.2) is 24.6 Å². The van der Waals surface area contributed by atoms with Crippen LogP contribution in [0.3, 0.4) is 0 Å². The number of nitrogens with zero attached hydrogens (tertiary/aromatic N) is 5. The van der Waals surface area contributed by atoms with E-state index in [1.165, 1.54) is 4.40 Å². The molecule has 90 valence electrons. The first kappa shape index (κ1) is 10.7. The van der Waals surface area contributed by atoms with Gasteiger partial charge in [0.2, 0.25) is 11.9 Å². The van der Waals surface area contributed by atoms with Gasteiger partial charge in [-0.25, -0.2) is 4.40 Å². The molecule has 0 spiro atoms. The number of aromatic nitrogens is 5. The summed E-state index contributed by atoms with van der Waals surface area (Å²) in [6.07, 6.45) is 0. The molecule has 0 bridgehead atoms. The van der Waals surface area contributed by atoms with Gasteiger partial charge in [0.25, 0.3) is 5.78 Å². The fourth-order valence-electron chi connectivity index (χ4n) is 1.67. The predicted octanol–water partition coefficient (Wildman–Crippen LogP) is 1.00. The van der Waals surface area contributed by atoms with Crippen LogP contribution >= 0.6 is 11.6 Å². The SMILES string of the molecule is Nc1nc(N)n2c(-c3ccccc3Cl)nnc2n1. The molecular weight excluding hydrogens is 254 g/mol. The second kappa shape index (κ2) is 3.81. The Morgan fingerprint density at radius 2 is 1.83 bits per heavy atom. The van der Waals surface area contributed by atoms with Gasteiger partial charge in [-0.1, -0.05) is 23.7 Å². The van der Waals surface area contributed by atoms with Crippen molar-refractivity contribution in [3.8, 4) is 11.4 Å². The Morgan fingerprint density at radius 3 is 2.61 bits per heavy atom. The lowest BCUT2D eigenvalue weighted by molar-refractivity contribution is 1.04. The van der Waals surface area contributed by atoms with Crippen LogP contribution in [0.5, 0.6) is 0 Å². The molecular formula is C10H8ClN7. The highest BCUT2D eigenvalue weighted by Gasteiger charge is 2.15. The van der Waals surface area contributed by atoms with Gasteiger partial charge in [0.1, 0.15) is 0 Å². The molecule has 0 atom stereocenters. The van der Waals surface area contributed by atoms with E-state index in [0.29, 0.717) is 16.4 Å². The quantitative estimate of drug-likeness (QED) is 0.677. The van der Waals surface area contributed by atoms with Crippen LogP contribution in [-0.2, 0) is 0 Å². The molecule has 2 heterocycles. The van der Waals surface area contributed by atoms with Crippen LogP contribution in [0.15, 0.2) is 24.3 Å². The molecule has 0 aliphatic carbocycles. The molecule has 0 fully saturated rings. The number of hydrogen-bond donors (Lipinski definition) is 2. The monoisotopic (exact) mass is 261 g/mol. The highest BCUT2D eigenvalue weighted by Crippen LogP contribution is 2.27. The summed E-state index contributed by atoms with van der Waals surface area (Å²) in [4.78, 5) is 7.82. The third kappa shape index (κ3) is 1.52. The van der Waals surface area contributed by atoms with Crippen molar-refractivity contribution < 1.29 is 0 Å². The lowest BCUT2D eigenvalue weighted by atomic mass is 10.2. The van der Waals surface area contributed by atoms with Crippen LogP contribution in [0.4, 0.5) is 11.9 Å². The summed E-state index contributed by atoms with van der Waals surface area (Å²) in [6.45, 7) is 0. The Labute approximate surface area is 106 Å². The number of halogens is 1. The Kier molecular flexibility index (Phi) is 2.27. The fourth-order valence-corrected chi connectivity index (χ4v) is 1.89. The highest BCUT2D eigenvalue weighted by atomic mass is 35.5. The van der Waals surface area contributed by atoms with Gasteiger partial charge in [0, 0.05) is 5.56 Å². The molecule has 2 aromatic heterocycles. The van der Waals surface area contributed by atoms with E-state index in [-0.39, 0.29) is 17.7 Å². The molecule has 0 aliphatic rings. The number of hydrogen-bond acceptors (Lipinski definition) is 6. The Bertz CT molecular complexity index is 736. The third-order valence-corrected chi connectivity index (χ3v) is 2.76. The largest absolute Gasteiger partial charge is 0.369 e. The van der Waals surface area contributed by atoms with Crippen molar-refractivity contribution >= 4 is 29.3 Å². The average Bonchev–Trinajstić information content (AvgIpc) is 2.73. The van der Waals surface area contributed by atoms with E-state index >= 15 is 0 Å². The highest BCUT2D eigenvalue weighted by molar-refractivity contribution is 6.33. The minimum absolute atomic E-state index is 0.0538. The van der Waals surface area contributed by atoms with Crippen molar-refractivity contribution in [1.29, 1.82) is 0 Å². The van der Waals surface area contributed by atoms with Crippen LogP contribution in [0, 0.1) is 0 Å². The van der Waals surface area contributed by atoms with E-state index in [1.54, 1.807) is 6.07 Å². The maximum absolute atomic E-state index is 6.11. The number of nitrogens with two attached hydrogens (primary N) is 2. The topological polar surface area (TPSA) is 108 Å². The lowest BCUT2D eigenvalue weighted by Crippen LogP contribution is -2.07. The minimum Gasteiger partial charge on any atom is -0.369 e. The van der Waals surface area contributed by atoms with Gasteiger partial charge in [-0.05, 0) is 12.1 Å². The van der Waals surface area contributed by atoms with E-state index in [9.17, 15) is 0 Å². The number of anilines is 2. The number of nitrogen functional groups attached to an aromatic ring is 2. The Morgan fingerprint density at radius 1 is 1.06 bits per heavy atom. The zero-order valence-electron chi connectivity index (χ0n) is 9.08. The molecule has 0 radical (unpaired) electrons. The zero-order valence-corrected chi connectivity index (χ0v) is 9.83. The minimum atomic E-state index is 0.0538. The van der Waals surface area contributed by atoms with E-state index < -0.39 is 0 Å². The molecule has 0 unspecified atom stereocenters. The van der Waals surface area contributed by atoms with Gasteiger partial charge in [-0.2, -0.15) is 9.97 Å². The summed E-state index contributed by atoms with van der Waals surface area (Å²) >= 11 is 6.11. The second-order valence-electron chi connectivity index (χ2n) is 3.58. The summed E-state index contributed by atoms with van der Waals surface area (Å²) in [5.41, 5.74) is 12.0. The van der Waals surface area contributed by atoms with Gasteiger partial charge < -0.3 is 11.5 Å². The summed E-state index contributed by atoms with van der Waals surface area (Å²) < 4.78 is 1.50. The maximum Gasteiger partial charge on any atom is 0.261 e. The van der Waals surface area contributed by atoms with Crippen molar-refractivity contribution in [3.05, 3.63) is 29.3 Å². The average molecular weight is 262 g/mol. The van der Waals surface area contributed by atoms with Gasteiger partial charge in [-0.15, -0.1) is 10.2 Å². The molecule has 3 rings (SSSR count). The Balaban J connectivity index is 2.35. The first-order valence-corrected chi connectivity index (χ1v) is 5.43. The van der Waals surface area contributed by atoms with Crippen molar-refractivity contribution in [3.63, 3.8) is 0 Å². The van der Waals surface area contributed by atoms with Crippen LogP contribution < -0.4 is 11.5 Å². The van der Waals surface area contributed by atoms with E-state index in [0.717, 1.165) is 0 Å². The van der Waals surface area contributed by atoms with Gasteiger partial charge >= 0.3 is 0 Å². The molecule has 8 heteroatoms. The van der Waals surface area contributed by atoms with E-state index in [4.69, 9.17) is 23.1 Å². The van der Waals surface area contributed by atoms with Crippen LogP contribution in [0.25, 0.3) is 17.2 Å². The second-order valence-corrected chi connectivity index (χ2v) is 3.99. The molecule has 0 amide bonds. The van der Waals surface area contributed by atoms with Gasteiger partial charge in [-0.3, -0.25) is 0 Å². The molecule has 4 N–H and O–H groups in total. The summed E-state index contributed by atoms with van der Waals surface area (Å²) in [6, 6.07) is 7.24. The zero-order chi connectivity index (χ0) is 12.7. The first-order chi connectivity index (χ1) is 8.66. The fraction of sp³-hybridized carbons (Fsp3) is 0. The number of benzene rings is 1. The third-order valence-electron chi connectivity index (χ3n) is 2.43. The Hall–Kier alpha value is -2.41. The van der Waals surface area contributed by atoms with Crippen molar-refractivity contribution in [2.75, 3.05) is 11.5 Å².